The van der Waals surface area contributed by atoms with Gasteiger partial charge in [0.1, 0.15) is 17.2 Å². The quantitative estimate of drug-likeness (QED) is 0.499. The molecule has 0 atom stereocenters. The summed E-state index contributed by atoms with van der Waals surface area (Å²) in [5.41, 5.74) is 7.29. The van der Waals surface area contributed by atoms with Crippen LogP contribution in [0.25, 0.3) is 17.1 Å². The fraction of sp³-hybridized carbons (Fsp3) is 0.304. The number of carbonyl (C=O) groups is 2. The van der Waals surface area contributed by atoms with Crippen molar-refractivity contribution >= 4 is 17.5 Å². The molecule has 0 saturated carbocycles. The molecule has 0 bridgehead atoms. The van der Waals surface area contributed by atoms with Gasteiger partial charge in [-0.05, 0) is 35.7 Å². The Kier molecular flexibility index (Phi) is 6.57. The molecule has 0 radical (unpaired) electrons. The van der Waals surface area contributed by atoms with Gasteiger partial charge in [-0.15, -0.1) is 10.2 Å². The van der Waals surface area contributed by atoms with Crippen LogP contribution < -0.4 is 15.4 Å². The zero-order valence-corrected chi connectivity index (χ0v) is 19.2. The van der Waals surface area contributed by atoms with Gasteiger partial charge < -0.3 is 25.6 Å². The Labute approximate surface area is 191 Å². The number of hydrogen-bond donors (Lipinski definition) is 3. The number of rotatable bonds is 7. The number of ether oxygens (including phenoxy) is 1. The standard InChI is InChI=1S/C23H27N5O5/c1-6-20(31)27(4)16-9-13(7-8-19(16)33-5)28-22(25-26-23(28)21(24)32)15-10-14(12(2)3)17(29)11-18(15)30/h7-12,29-30H,6H2,1-5H3,(H2,24,32). The topological polar surface area (TPSA) is 144 Å². The molecule has 33 heavy (non-hydrogen) atoms. The second-order valence-corrected chi connectivity index (χ2v) is 7.79. The molecule has 174 valence electrons. The first-order valence-corrected chi connectivity index (χ1v) is 10.4. The molecule has 3 rings (SSSR count). The molecule has 2 amide bonds. The van der Waals surface area contributed by atoms with Crippen LogP contribution in [0.2, 0.25) is 0 Å². The van der Waals surface area contributed by atoms with E-state index in [-0.39, 0.29) is 47.0 Å². The van der Waals surface area contributed by atoms with Gasteiger partial charge in [-0.3, -0.25) is 14.2 Å². The van der Waals surface area contributed by atoms with Crippen LogP contribution in [0.1, 0.15) is 49.3 Å². The molecule has 0 aliphatic rings. The summed E-state index contributed by atoms with van der Waals surface area (Å²) in [6.45, 7) is 5.54. The number of carbonyl (C=O) groups excluding carboxylic acids is 2. The summed E-state index contributed by atoms with van der Waals surface area (Å²) in [5, 5.41) is 28.8. The van der Waals surface area contributed by atoms with E-state index < -0.39 is 5.91 Å². The Hall–Kier alpha value is -4.08. The molecule has 0 fully saturated rings. The normalized spacial score (nSPS) is 11.0. The highest BCUT2D eigenvalue weighted by Gasteiger charge is 2.24. The molecule has 1 heterocycles. The van der Waals surface area contributed by atoms with Gasteiger partial charge in [0, 0.05) is 19.5 Å². The summed E-state index contributed by atoms with van der Waals surface area (Å²) in [6, 6.07) is 7.77. The van der Waals surface area contributed by atoms with Gasteiger partial charge in [0.25, 0.3) is 5.91 Å². The summed E-state index contributed by atoms with van der Waals surface area (Å²) in [4.78, 5) is 25.9. The van der Waals surface area contributed by atoms with Gasteiger partial charge in [0.15, 0.2) is 5.82 Å². The molecule has 0 aliphatic heterocycles. The Balaban J connectivity index is 2.30. The lowest BCUT2D eigenvalue weighted by molar-refractivity contribution is -0.118. The van der Waals surface area contributed by atoms with Gasteiger partial charge in [-0.1, -0.05) is 20.8 Å². The van der Waals surface area contributed by atoms with E-state index >= 15 is 0 Å². The molecular formula is C23H27N5O5. The highest BCUT2D eigenvalue weighted by Crippen LogP contribution is 2.39. The number of hydrogen-bond acceptors (Lipinski definition) is 7. The molecule has 0 aliphatic carbocycles. The lowest BCUT2D eigenvalue weighted by atomic mass is 9.98. The zero-order valence-electron chi connectivity index (χ0n) is 19.2. The number of methoxy groups -OCH3 is 1. The number of aromatic hydroxyl groups is 2. The van der Waals surface area contributed by atoms with Crippen LogP contribution >= 0.6 is 0 Å². The van der Waals surface area contributed by atoms with E-state index in [1.165, 1.54) is 22.6 Å². The summed E-state index contributed by atoms with van der Waals surface area (Å²) < 4.78 is 6.80. The van der Waals surface area contributed by atoms with E-state index in [2.05, 4.69) is 10.2 Å². The first-order valence-electron chi connectivity index (χ1n) is 10.4. The maximum absolute atomic E-state index is 12.3. The van der Waals surface area contributed by atoms with Gasteiger partial charge in [0.05, 0.1) is 24.0 Å². The second kappa shape index (κ2) is 9.19. The number of aromatic nitrogens is 3. The van der Waals surface area contributed by atoms with Crippen LogP contribution in [-0.2, 0) is 4.79 Å². The number of phenols is 2. The van der Waals surface area contributed by atoms with Crippen molar-refractivity contribution in [2.75, 3.05) is 19.1 Å². The summed E-state index contributed by atoms with van der Waals surface area (Å²) in [7, 11) is 3.11. The van der Waals surface area contributed by atoms with Crippen LogP contribution in [0, 0.1) is 0 Å². The van der Waals surface area contributed by atoms with Crippen molar-refractivity contribution in [3.05, 3.63) is 41.7 Å². The number of primary amides is 1. The molecule has 1 aromatic heterocycles. The van der Waals surface area contributed by atoms with Gasteiger partial charge in [-0.2, -0.15) is 0 Å². The smallest absolute Gasteiger partial charge is 0.287 e. The molecule has 2 aromatic carbocycles. The minimum absolute atomic E-state index is 0.0439. The molecule has 4 N–H and O–H groups in total. The molecule has 10 heteroatoms. The lowest BCUT2D eigenvalue weighted by Crippen LogP contribution is -2.26. The number of amides is 2. The monoisotopic (exact) mass is 453 g/mol. The van der Waals surface area contributed by atoms with E-state index in [9.17, 15) is 19.8 Å². The maximum atomic E-state index is 12.3. The van der Waals surface area contributed by atoms with Gasteiger partial charge >= 0.3 is 0 Å². The van der Waals surface area contributed by atoms with Crippen LogP contribution in [0.3, 0.4) is 0 Å². The number of anilines is 1. The number of nitrogens with two attached hydrogens (primary N) is 1. The van der Waals surface area contributed by atoms with Gasteiger partial charge in [0.2, 0.25) is 11.7 Å². The van der Waals surface area contributed by atoms with Crippen molar-refractivity contribution in [1.29, 1.82) is 0 Å². The average Bonchev–Trinajstić information content (AvgIpc) is 3.22. The van der Waals surface area contributed by atoms with Crippen LogP contribution in [0.15, 0.2) is 30.3 Å². The predicted molar refractivity (Wildman–Crippen MR) is 123 cm³/mol. The van der Waals surface area contributed by atoms with Crippen molar-refractivity contribution in [3.63, 3.8) is 0 Å². The first kappa shape index (κ1) is 23.6. The van der Waals surface area contributed by atoms with E-state index in [0.717, 1.165) is 0 Å². The highest BCUT2D eigenvalue weighted by atomic mass is 16.5. The Morgan fingerprint density at radius 1 is 1.15 bits per heavy atom. The van der Waals surface area contributed by atoms with Crippen LogP contribution in [0.4, 0.5) is 5.69 Å². The van der Waals surface area contributed by atoms with Crippen molar-refractivity contribution in [2.24, 2.45) is 5.73 Å². The molecule has 0 unspecified atom stereocenters. The van der Waals surface area contributed by atoms with Crippen LogP contribution in [0.5, 0.6) is 17.2 Å². The third-order valence-corrected chi connectivity index (χ3v) is 5.35. The Bertz CT molecular complexity index is 1220. The Morgan fingerprint density at radius 3 is 2.42 bits per heavy atom. The van der Waals surface area contributed by atoms with E-state index in [4.69, 9.17) is 10.5 Å². The number of nitrogens with zero attached hydrogens (tertiary/aromatic N) is 4. The summed E-state index contributed by atoms with van der Waals surface area (Å²) in [6.07, 6.45) is 0.285. The summed E-state index contributed by atoms with van der Waals surface area (Å²) >= 11 is 0. The minimum Gasteiger partial charge on any atom is -0.508 e. The van der Waals surface area contributed by atoms with E-state index in [1.807, 2.05) is 13.8 Å². The van der Waals surface area contributed by atoms with Crippen molar-refractivity contribution in [1.82, 2.24) is 14.8 Å². The summed E-state index contributed by atoms with van der Waals surface area (Å²) in [5.74, 6) is -0.875. The fourth-order valence-corrected chi connectivity index (χ4v) is 3.55. The zero-order chi connectivity index (χ0) is 24.4. The minimum atomic E-state index is -0.827. The molecule has 0 spiro atoms. The van der Waals surface area contributed by atoms with Crippen molar-refractivity contribution < 1.29 is 24.5 Å². The fourth-order valence-electron chi connectivity index (χ4n) is 3.55. The predicted octanol–water partition coefficient (Wildman–Crippen LogP) is 2.95. The highest BCUT2D eigenvalue weighted by molar-refractivity contribution is 5.95. The molecule has 0 saturated heterocycles. The molecule has 3 aromatic rings. The van der Waals surface area contributed by atoms with Gasteiger partial charge in [-0.25, -0.2) is 0 Å². The number of phenolic OH excluding ortho intramolecular Hbond substituents is 2. The SMILES string of the molecule is CCC(=O)N(C)c1cc(-n2c(C(N)=O)nnc2-c2cc(C(C)C)c(O)cc2O)ccc1OC. The largest absolute Gasteiger partial charge is 0.508 e. The molecular weight excluding hydrogens is 426 g/mol. The van der Waals surface area contributed by atoms with Crippen molar-refractivity contribution in [3.8, 4) is 34.3 Å². The first-order chi connectivity index (χ1) is 15.6. The average molecular weight is 453 g/mol. The lowest BCUT2D eigenvalue weighted by Gasteiger charge is -2.21. The third-order valence-electron chi connectivity index (χ3n) is 5.35. The number of benzene rings is 2. The van der Waals surface area contributed by atoms with E-state index in [0.29, 0.717) is 22.7 Å². The third kappa shape index (κ3) is 4.32. The van der Waals surface area contributed by atoms with Crippen molar-refractivity contribution in [2.45, 2.75) is 33.1 Å². The Morgan fingerprint density at radius 2 is 1.85 bits per heavy atom. The van der Waals surface area contributed by atoms with Crippen LogP contribution in [-0.4, -0.2) is 50.9 Å². The van der Waals surface area contributed by atoms with E-state index in [1.54, 1.807) is 38.2 Å². The molecule has 10 nitrogen and oxygen atoms in total. The second-order valence-electron chi connectivity index (χ2n) is 7.79. The maximum Gasteiger partial charge on any atom is 0.287 e.